The van der Waals surface area contributed by atoms with Crippen LogP contribution in [0, 0.1) is 0 Å². The number of nitrogens with one attached hydrogen (secondary N) is 1. The summed E-state index contributed by atoms with van der Waals surface area (Å²) in [4.78, 5) is 24.6. The van der Waals surface area contributed by atoms with E-state index < -0.39 is 12.1 Å². The van der Waals surface area contributed by atoms with Crippen LogP contribution in [0.4, 0.5) is 0 Å². The first-order valence-corrected chi connectivity index (χ1v) is 31.5. The first-order valence-electron chi connectivity index (χ1n) is 31.5. The van der Waals surface area contributed by atoms with E-state index in [9.17, 15) is 19.8 Å². The Morgan fingerprint density at radius 1 is 0.391 bits per heavy atom. The van der Waals surface area contributed by atoms with Crippen molar-refractivity contribution >= 4 is 11.9 Å². The number of aliphatic hydroxyl groups excluding tert-OH is 2. The highest BCUT2D eigenvalue weighted by molar-refractivity contribution is 5.76. The van der Waals surface area contributed by atoms with Gasteiger partial charge in [-0.2, -0.15) is 0 Å². The van der Waals surface area contributed by atoms with Crippen molar-refractivity contribution in [3.63, 3.8) is 0 Å². The average molecular weight is 975 g/mol. The van der Waals surface area contributed by atoms with Crippen LogP contribution in [0.5, 0.6) is 0 Å². The minimum Gasteiger partial charge on any atom is -0.466 e. The van der Waals surface area contributed by atoms with E-state index in [1.54, 1.807) is 6.08 Å². The summed E-state index contributed by atoms with van der Waals surface area (Å²) >= 11 is 0. The van der Waals surface area contributed by atoms with Crippen molar-refractivity contribution in [2.75, 3.05) is 13.2 Å². The standard InChI is InChI=1S/C63H123NO5/c1-3-5-7-9-11-13-15-17-19-21-22-23-24-25-26-27-29-30-32-35-39-43-47-51-55-61(66)60(59-65)64-62(67)56-52-48-44-40-36-34-38-42-46-50-54-58-69-63(68)57-53-49-45-41-37-33-31-28-20-18-16-14-12-10-8-6-4-2/h51,55,60-61,65-66H,3-50,52-54,56-59H2,1-2H3,(H,64,67)/b55-51+. The Morgan fingerprint density at radius 2 is 0.667 bits per heavy atom. The molecule has 0 heterocycles. The van der Waals surface area contributed by atoms with Gasteiger partial charge >= 0.3 is 5.97 Å². The second kappa shape index (κ2) is 59.2. The minimum atomic E-state index is -0.857. The van der Waals surface area contributed by atoms with Crippen LogP contribution in [0.3, 0.4) is 0 Å². The van der Waals surface area contributed by atoms with Gasteiger partial charge < -0.3 is 20.3 Å². The van der Waals surface area contributed by atoms with Gasteiger partial charge in [0, 0.05) is 12.8 Å². The third-order valence-corrected chi connectivity index (χ3v) is 14.8. The number of aliphatic hydroxyl groups is 2. The highest BCUT2D eigenvalue weighted by Gasteiger charge is 2.18. The molecule has 0 radical (unpaired) electrons. The zero-order chi connectivity index (χ0) is 50.0. The Balaban J connectivity index is 3.46. The molecular weight excluding hydrogens is 851 g/mol. The van der Waals surface area contributed by atoms with E-state index in [4.69, 9.17) is 4.74 Å². The largest absolute Gasteiger partial charge is 0.466 e. The number of carbonyl (C=O) groups excluding carboxylic acids is 2. The molecule has 0 saturated carbocycles. The molecule has 0 spiro atoms. The van der Waals surface area contributed by atoms with Crippen molar-refractivity contribution in [2.45, 2.75) is 366 Å². The van der Waals surface area contributed by atoms with Crippen molar-refractivity contribution < 1.29 is 24.5 Å². The zero-order valence-corrected chi connectivity index (χ0v) is 46.8. The molecule has 6 nitrogen and oxygen atoms in total. The molecule has 0 aromatic heterocycles. The van der Waals surface area contributed by atoms with Crippen molar-refractivity contribution in [2.24, 2.45) is 0 Å². The number of carbonyl (C=O) groups is 2. The summed E-state index contributed by atoms with van der Waals surface area (Å²) in [7, 11) is 0. The smallest absolute Gasteiger partial charge is 0.305 e. The lowest BCUT2D eigenvalue weighted by Gasteiger charge is -2.20. The monoisotopic (exact) mass is 974 g/mol. The molecule has 0 aromatic carbocycles. The molecule has 0 saturated heterocycles. The van der Waals surface area contributed by atoms with Crippen LogP contribution in [0.1, 0.15) is 354 Å². The van der Waals surface area contributed by atoms with Gasteiger partial charge in [-0.3, -0.25) is 9.59 Å². The van der Waals surface area contributed by atoms with E-state index in [1.165, 1.54) is 270 Å². The van der Waals surface area contributed by atoms with Gasteiger partial charge in [0.25, 0.3) is 0 Å². The second-order valence-corrected chi connectivity index (χ2v) is 21.8. The Labute approximate surface area is 431 Å². The summed E-state index contributed by atoms with van der Waals surface area (Å²) in [6, 6.07) is -0.642. The highest BCUT2D eigenvalue weighted by atomic mass is 16.5. The van der Waals surface area contributed by atoms with Crippen molar-refractivity contribution in [1.29, 1.82) is 0 Å². The SMILES string of the molecule is CCCCCCCCCCCCCCCCCCCCCCCC/C=C/C(O)C(CO)NC(=O)CCCCCCCCCCCCCOC(=O)CCCCCCCCCCCCCCCCCCC. The maximum Gasteiger partial charge on any atom is 0.305 e. The van der Waals surface area contributed by atoms with Gasteiger partial charge in [-0.05, 0) is 32.1 Å². The second-order valence-electron chi connectivity index (χ2n) is 21.8. The van der Waals surface area contributed by atoms with Crippen LogP contribution in [-0.2, 0) is 14.3 Å². The van der Waals surface area contributed by atoms with Crippen molar-refractivity contribution in [3.05, 3.63) is 12.2 Å². The summed E-state index contributed by atoms with van der Waals surface area (Å²) in [5.74, 6) is -0.0922. The molecule has 3 N–H and O–H groups in total. The fourth-order valence-corrected chi connectivity index (χ4v) is 9.99. The first-order chi connectivity index (χ1) is 34.0. The van der Waals surface area contributed by atoms with Gasteiger partial charge in [0.05, 0.1) is 25.4 Å². The Morgan fingerprint density at radius 3 is 0.986 bits per heavy atom. The van der Waals surface area contributed by atoms with E-state index in [0.717, 1.165) is 57.8 Å². The van der Waals surface area contributed by atoms with E-state index in [-0.39, 0.29) is 18.5 Å². The molecule has 0 aliphatic heterocycles. The van der Waals surface area contributed by atoms with Gasteiger partial charge in [0.2, 0.25) is 5.91 Å². The van der Waals surface area contributed by atoms with Gasteiger partial charge in [0.15, 0.2) is 0 Å². The summed E-state index contributed by atoms with van der Waals surface area (Å²) < 4.78 is 5.48. The summed E-state index contributed by atoms with van der Waals surface area (Å²) in [6.45, 7) is 4.90. The molecule has 0 bridgehead atoms. The minimum absolute atomic E-state index is 0.0102. The highest BCUT2D eigenvalue weighted by Crippen LogP contribution is 2.18. The fraction of sp³-hybridized carbons (Fsp3) is 0.937. The van der Waals surface area contributed by atoms with Gasteiger partial charge in [-0.15, -0.1) is 0 Å². The molecule has 0 aliphatic carbocycles. The van der Waals surface area contributed by atoms with Gasteiger partial charge in [0.1, 0.15) is 0 Å². The lowest BCUT2D eigenvalue weighted by Crippen LogP contribution is -2.45. The number of allylic oxidation sites excluding steroid dienone is 1. The molecule has 69 heavy (non-hydrogen) atoms. The Hall–Kier alpha value is -1.40. The van der Waals surface area contributed by atoms with Crippen LogP contribution in [0.2, 0.25) is 0 Å². The van der Waals surface area contributed by atoms with Crippen molar-refractivity contribution in [1.82, 2.24) is 5.32 Å². The van der Waals surface area contributed by atoms with Crippen LogP contribution in [-0.4, -0.2) is 47.4 Å². The van der Waals surface area contributed by atoms with Gasteiger partial charge in [-0.25, -0.2) is 0 Å². The molecular formula is C63H123NO5. The third kappa shape index (κ3) is 55.8. The Bertz CT molecular complexity index is 1030. The number of esters is 1. The molecule has 410 valence electrons. The summed E-state index contributed by atoms with van der Waals surface area (Å²) in [5.41, 5.74) is 0. The molecule has 0 fully saturated rings. The number of amides is 1. The van der Waals surface area contributed by atoms with Crippen molar-refractivity contribution in [3.8, 4) is 0 Å². The fourth-order valence-electron chi connectivity index (χ4n) is 9.99. The molecule has 0 aliphatic rings. The van der Waals surface area contributed by atoms with Crippen LogP contribution in [0.25, 0.3) is 0 Å². The van der Waals surface area contributed by atoms with Crippen LogP contribution < -0.4 is 5.32 Å². The zero-order valence-electron chi connectivity index (χ0n) is 46.8. The topological polar surface area (TPSA) is 95.9 Å². The van der Waals surface area contributed by atoms with E-state index >= 15 is 0 Å². The molecule has 2 unspecified atom stereocenters. The average Bonchev–Trinajstić information content (AvgIpc) is 3.35. The molecule has 1 amide bonds. The lowest BCUT2D eigenvalue weighted by molar-refractivity contribution is -0.143. The normalized spacial score (nSPS) is 12.6. The predicted octanol–water partition coefficient (Wildman–Crippen LogP) is 19.6. The number of unbranched alkanes of at least 4 members (excludes halogenated alkanes) is 48. The molecule has 0 rings (SSSR count). The maximum atomic E-state index is 12.5. The number of hydrogen-bond donors (Lipinski definition) is 3. The van der Waals surface area contributed by atoms with Crippen LogP contribution in [0.15, 0.2) is 12.2 Å². The lowest BCUT2D eigenvalue weighted by atomic mass is 10.0. The summed E-state index contributed by atoms with van der Waals surface area (Å²) in [5, 5.41) is 23.2. The van der Waals surface area contributed by atoms with E-state index in [2.05, 4.69) is 19.2 Å². The molecule has 6 heteroatoms. The number of ether oxygens (including phenoxy) is 1. The third-order valence-electron chi connectivity index (χ3n) is 14.8. The quantitative estimate of drug-likeness (QED) is 0.0321. The van der Waals surface area contributed by atoms with E-state index in [0.29, 0.717) is 19.4 Å². The van der Waals surface area contributed by atoms with E-state index in [1.807, 2.05) is 6.08 Å². The summed E-state index contributed by atoms with van der Waals surface area (Å²) in [6.07, 6.45) is 71.0. The first kappa shape index (κ1) is 67.6. The Kier molecular flexibility index (Phi) is 58.0. The van der Waals surface area contributed by atoms with Crippen LogP contribution >= 0.6 is 0 Å². The van der Waals surface area contributed by atoms with Gasteiger partial charge in [-0.1, -0.05) is 321 Å². The predicted molar refractivity (Wildman–Crippen MR) is 301 cm³/mol. The number of rotatable bonds is 59. The molecule has 2 atom stereocenters. The molecule has 0 aromatic rings. The maximum absolute atomic E-state index is 12.5. The number of hydrogen-bond acceptors (Lipinski definition) is 5.